The lowest BCUT2D eigenvalue weighted by Gasteiger charge is -2.18. The maximum absolute atomic E-state index is 12.1. The summed E-state index contributed by atoms with van der Waals surface area (Å²) in [6.07, 6.45) is 0. The lowest BCUT2D eigenvalue weighted by molar-refractivity contribution is 0.814. The summed E-state index contributed by atoms with van der Waals surface area (Å²) in [6, 6.07) is 8.00. The second-order valence-corrected chi connectivity index (χ2v) is 5.46. The van der Waals surface area contributed by atoms with Gasteiger partial charge < -0.3 is 15.2 Å². The third kappa shape index (κ3) is 3.42. The van der Waals surface area contributed by atoms with Crippen LogP contribution in [0.3, 0.4) is 0 Å². The zero-order valence-electron chi connectivity index (χ0n) is 13.2. The molecule has 0 radical (unpaired) electrons. The third-order valence-electron chi connectivity index (χ3n) is 3.46. The van der Waals surface area contributed by atoms with Gasteiger partial charge in [0.1, 0.15) is 5.82 Å². The van der Waals surface area contributed by atoms with Gasteiger partial charge in [0.15, 0.2) is 0 Å². The van der Waals surface area contributed by atoms with Gasteiger partial charge in [-0.2, -0.15) is 0 Å². The molecule has 5 nitrogen and oxygen atoms in total. The van der Waals surface area contributed by atoms with E-state index in [1.54, 1.807) is 6.92 Å². The molecule has 2 aromatic rings. The van der Waals surface area contributed by atoms with Gasteiger partial charge in [-0.3, -0.25) is 4.79 Å². The van der Waals surface area contributed by atoms with Crippen molar-refractivity contribution in [1.82, 2.24) is 9.97 Å². The number of aryl methyl sites for hydroxylation is 2. The fourth-order valence-electron chi connectivity index (χ4n) is 2.42. The Balaban J connectivity index is 2.22. The summed E-state index contributed by atoms with van der Waals surface area (Å²) in [5, 5.41) is 3.35. The molecule has 1 aromatic heterocycles. The molecule has 1 aromatic carbocycles. The first-order valence-electron chi connectivity index (χ1n) is 7.00. The van der Waals surface area contributed by atoms with Gasteiger partial charge in [0, 0.05) is 25.5 Å². The first kappa shape index (κ1) is 15.1. The van der Waals surface area contributed by atoms with E-state index in [2.05, 4.69) is 15.3 Å². The summed E-state index contributed by atoms with van der Waals surface area (Å²) in [7, 11) is 4.01. The molecule has 1 atom stereocenters. The average molecular weight is 286 g/mol. The summed E-state index contributed by atoms with van der Waals surface area (Å²) in [4.78, 5) is 21.2. The monoisotopic (exact) mass is 286 g/mol. The molecule has 0 aliphatic heterocycles. The van der Waals surface area contributed by atoms with Gasteiger partial charge in [0.05, 0.1) is 17.3 Å². The number of nitrogens with zero attached hydrogens (tertiary/aromatic N) is 2. The van der Waals surface area contributed by atoms with E-state index in [0.29, 0.717) is 11.4 Å². The van der Waals surface area contributed by atoms with Gasteiger partial charge in [0.25, 0.3) is 5.56 Å². The summed E-state index contributed by atoms with van der Waals surface area (Å²) in [5.41, 5.74) is 3.48. The molecule has 1 unspecified atom stereocenters. The van der Waals surface area contributed by atoms with Crippen molar-refractivity contribution in [2.45, 2.75) is 26.8 Å². The number of benzene rings is 1. The van der Waals surface area contributed by atoms with Crippen molar-refractivity contribution >= 4 is 11.4 Å². The van der Waals surface area contributed by atoms with Crippen LogP contribution in [0.25, 0.3) is 0 Å². The van der Waals surface area contributed by atoms with Gasteiger partial charge in [0.2, 0.25) is 0 Å². The molecule has 5 heteroatoms. The SMILES string of the molecule is Cc1nc(C)c(C(C)Nc2ccc(N(C)C)cc2)c(=O)[nH]1. The molecule has 2 N–H and O–H groups in total. The van der Waals surface area contributed by atoms with E-state index in [-0.39, 0.29) is 11.6 Å². The van der Waals surface area contributed by atoms with Gasteiger partial charge in [-0.15, -0.1) is 0 Å². The molecule has 0 aliphatic rings. The molecule has 0 saturated carbocycles. The molecule has 0 bridgehead atoms. The summed E-state index contributed by atoms with van der Waals surface area (Å²) in [5.74, 6) is 0.642. The Bertz CT molecular complexity index is 674. The fraction of sp³-hybridized carbons (Fsp3) is 0.375. The average Bonchev–Trinajstić information content (AvgIpc) is 2.37. The highest BCUT2D eigenvalue weighted by Crippen LogP contribution is 2.21. The van der Waals surface area contributed by atoms with E-state index in [9.17, 15) is 4.79 Å². The van der Waals surface area contributed by atoms with E-state index >= 15 is 0 Å². The van der Waals surface area contributed by atoms with Gasteiger partial charge in [-0.05, 0) is 45.0 Å². The Morgan fingerprint density at radius 1 is 1.19 bits per heavy atom. The van der Waals surface area contributed by atoms with Crippen molar-refractivity contribution in [2.24, 2.45) is 0 Å². The second kappa shape index (κ2) is 5.99. The molecular formula is C16H22N4O. The molecule has 21 heavy (non-hydrogen) atoms. The molecular weight excluding hydrogens is 264 g/mol. The maximum Gasteiger partial charge on any atom is 0.256 e. The minimum atomic E-state index is -0.105. The number of rotatable bonds is 4. The van der Waals surface area contributed by atoms with Crippen molar-refractivity contribution in [3.8, 4) is 0 Å². The van der Waals surface area contributed by atoms with E-state index in [1.165, 1.54) is 0 Å². The second-order valence-electron chi connectivity index (χ2n) is 5.46. The lowest BCUT2D eigenvalue weighted by atomic mass is 10.1. The van der Waals surface area contributed by atoms with E-state index in [0.717, 1.165) is 17.1 Å². The van der Waals surface area contributed by atoms with Gasteiger partial charge >= 0.3 is 0 Å². The van der Waals surface area contributed by atoms with Crippen LogP contribution in [-0.4, -0.2) is 24.1 Å². The number of aromatic amines is 1. The number of hydrogen-bond acceptors (Lipinski definition) is 4. The van der Waals surface area contributed by atoms with Crippen LogP contribution in [0.5, 0.6) is 0 Å². The minimum absolute atomic E-state index is 0.0788. The highest BCUT2D eigenvalue weighted by molar-refractivity contribution is 5.55. The van der Waals surface area contributed by atoms with Crippen LogP contribution >= 0.6 is 0 Å². The van der Waals surface area contributed by atoms with Crippen LogP contribution in [0.1, 0.15) is 30.0 Å². The van der Waals surface area contributed by atoms with Crippen molar-refractivity contribution in [2.75, 3.05) is 24.3 Å². The van der Waals surface area contributed by atoms with Crippen molar-refractivity contribution in [1.29, 1.82) is 0 Å². The first-order valence-corrected chi connectivity index (χ1v) is 7.00. The van der Waals surface area contributed by atoms with Gasteiger partial charge in [-0.25, -0.2) is 4.98 Å². The van der Waals surface area contributed by atoms with Crippen LogP contribution in [0.4, 0.5) is 11.4 Å². The Hall–Kier alpha value is -2.30. The zero-order valence-corrected chi connectivity index (χ0v) is 13.2. The summed E-state index contributed by atoms with van der Waals surface area (Å²) in [6.45, 7) is 5.62. The summed E-state index contributed by atoms with van der Waals surface area (Å²) < 4.78 is 0. The fourth-order valence-corrected chi connectivity index (χ4v) is 2.42. The van der Waals surface area contributed by atoms with Crippen LogP contribution in [0.15, 0.2) is 29.1 Å². The van der Waals surface area contributed by atoms with E-state index < -0.39 is 0 Å². The Labute approximate surface area is 125 Å². The minimum Gasteiger partial charge on any atom is -0.378 e. The quantitative estimate of drug-likeness (QED) is 0.907. The number of hydrogen-bond donors (Lipinski definition) is 2. The molecule has 112 valence electrons. The predicted molar refractivity (Wildman–Crippen MR) is 87.1 cm³/mol. The largest absolute Gasteiger partial charge is 0.378 e. The van der Waals surface area contributed by atoms with Crippen molar-refractivity contribution < 1.29 is 0 Å². The molecule has 0 amide bonds. The Kier molecular flexibility index (Phi) is 4.31. The lowest BCUT2D eigenvalue weighted by Crippen LogP contribution is -2.23. The third-order valence-corrected chi connectivity index (χ3v) is 3.46. The molecule has 0 spiro atoms. The van der Waals surface area contributed by atoms with Gasteiger partial charge in [-0.1, -0.05) is 0 Å². The molecule has 1 heterocycles. The van der Waals surface area contributed by atoms with Crippen LogP contribution in [0, 0.1) is 13.8 Å². The standard InChI is InChI=1S/C16H22N4O/c1-10-15(16(21)19-12(3)17-10)11(2)18-13-6-8-14(9-7-13)20(4)5/h6-9,11,18H,1-5H3,(H,17,19,21). The van der Waals surface area contributed by atoms with Crippen LogP contribution < -0.4 is 15.8 Å². The van der Waals surface area contributed by atoms with Crippen molar-refractivity contribution in [3.63, 3.8) is 0 Å². The number of anilines is 2. The highest BCUT2D eigenvalue weighted by Gasteiger charge is 2.14. The molecule has 0 fully saturated rings. The zero-order chi connectivity index (χ0) is 15.6. The normalized spacial score (nSPS) is 12.0. The Morgan fingerprint density at radius 3 is 2.33 bits per heavy atom. The topological polar surface area (TPSA) is 61.0 Å². The first-order chi connectivity index (χ1) is 9.88. The molecule has 0 aliphatic carbocycles. The number of nitrogens with one attached hydrogen (secondary N) is 2. The number of H-pyrrole nitrogens is 1. The van der Waals surface area contributed by atoms with Crippen LogP contribution in [-0.2, 0) is 0 Å². The maximum atomic E-state index is 12.1. The number of aromatic nitrogens is 2. The highest BCUT2D eigenvalue weighted by atomic mass is 16.1. The van der Waals surface area contributed by atoms with E-state index in [4.69, 9.17) is 0 Å². The van der Waals surface area contributed by atoms with Crippen LogP contribution in [0.2, 0.25) is 0 Å². The van der Waals surface area contributed by atoms with Crippen molar-refractivity contribution in [3.05, 3.63) is 51.7 Å². The van der Waals surface area contributed by atoms with E-state index in [1.807, 2.05) is 57.1 Å². The Morgan fingerprint density at radius 2 is 1.81 bits per heavy atom. The predicted octanol–water partition coefficient (Wildman–Crippen LogP) is 2.63. The smallest absolute Gasteiger partial charge is 0.256 e. The molecule has 0 saturated heterocycles. The summed E-state index contributed by atoms with van der Waals surface area (Å²) >= 11 is 0. The molecule has 2 rings (SSSR count).